The van der Waals surface area contributed by atoms with Crippen molar-refractivity contribution in [1.82, 2.24) is 19.9 Å². The zero-order chi connectivity index (χ0) is 13.4. The lowest BCUT2D eigenvalue weighted by atomic mass is 10.2. The van der Waals surface area contributed by atoms with E-state index in [1.54, 1.807) is 24.3 Å². The number of halogens is 1. The fourth-order valence-corrected chi connectivity index (χ4v) is 1.84. The molecule has 0 unspecified atom stereocenters. The molecule has 0 aliphatic rings. The summed E-state index contributed by atoms with van der Waals surface area (Å²) in [5, 5.41) is 7.63. The van der Waals surface area contributed by atoms with Gasteiger partial charge in [-0.2, -0.15) is 4.98 Å². The van der Waals surface area contributed by atoms with Gasteiger partial charge in [-0.05, 0) is 28.0 Å². The fourth-order valence-electron chi connectivity index (χ4n) is 1.72. The number of rotatable bonds is 2. The largest absolute Gasteiger partial charge is 0.369 e. The Balaban J connectivity index is 2.09. The van der Waals surface area contributed by atoms with Gasteiger partial charge in [0.15, 0.2) is 0 Å². The molecule has 0 atom stereocenters. The van der Waals surface area contributed by atoms with Gasteiger partial charge >= 0.3 is 0 Å². The summed E-state index contributed by atoms with van der Waals surface area (Å²) in [5.41, 5.74) is 6.39. The normalized spacial score (nSPS) is 11.0. The standard InChI is InChI=1S/C11H8ClN5O2/c12-7-3-1-6(2-4-7)5-17-10(18)8-9(14-11(17)13)16-19-15-8/h1-4H,5H2,(H2,13,14,16). The minimum absolute atomic E-state index is 0.0585. The van der Waals surface area contributed by atoms with Crippen molar-refractivity contribution >= 4 is 28.7 Å². The van der Waals surface area contributed by atoms with Crippen molar-refractivity contribution in [2.45, 2.75) is 6.54 Å². The highest BCUT2D eigenvalue weighted by Crippen LogP contribution is 2.12. The monoisotopic (exact) mass is 277 g/mol. The molecule has 96 valence electrons. The van der Waals surface area contributed by atoms with E-state index in [-0.39, 0.29) is 23.7 Å². The van der Waals surface area contributed by atoms with Crippen LogP contribution in [-0.4, -0.2) is 19.9 Å². The van der Waals surface area contributed by atoms with Gasteiger partial charge in [0.2, 0.25) is 17.1 Å². The average molecular weight is 278 g/mol. The zero-order valence-electron chi connectivity index (χ0n) is 9.58. The third kappa shape index (κ3) is 2.04. The first kappa shape index (κ1) is 11.7. The van der Waals surface area contributed by atoms with Crippen molar-refractivity contribution < 1.29 is 4.63 Å². The molecule has 0 saturated carbocycles. The quantitative estimate of drug-likeness (QED) is 0.752. The van der Waals surface area contributed by atoms with E-state index in [9.17, 15) is 4.79 Å². The van der Waals surface area contributed by atoms with Crippen molar-refractivity contribution in [3.8, 4) is 0 Å². The lowest BCUT2D eigenvalue weighted by molar-refractivity contribution is 0.314. The highest BCUT2D eigenvalue weighted by Gasteiger charge is 2.13. The Morgan fingerprint density at radius 2 is 2.00 bits per heavy atom. The van der Waals surface area contributed by atoms with E-state index in [1.165, 1.54) is 4.57 Å². The van der Waals surface area contributed by atoms with Gasteiger partial charge < -0.3 is 5.73 Å². The minimum Gasteiger partial charge on any atom is -0.369 e. The van der Waals surface area contributed by atoms with E-state index in [0.717, 1.165) is 5.56 Å². The predicted octanol–water partition coefficient (Wildman–Crippen LogP) is 1.06. The summed E-state index contributed by atoms with van der Waals surface area (Å²) in [6, 6.07) is 7.09. The molecule has 1 aromatic carbocycles. The van der Waals surface area contributed by atoms with Crippen molar-refractivity contribution in [1.29, 1.82) is 0 Å². The van der Waals surface area contributed by atoms with Crippen LogP contribution < -0.4 is 11.3 Å². The van der Waals surface area contributed by atoms with E-state index in [4.69, 9.17) is 17.3 Å². The summed E-state index contributed by atoms with van der Waals surface area (Å²) in [6.45, 7) is 0.275. The second kappa shape index (κ2) is 4.36. The van der Waals surface area contributed by atoms with E-state index in [1.807, 2.05) is 0 Å². The Bertz CT molecular complexity index is 793. The van der Waals surface area contributed by atoms with Gasteiger partial charge in [0.05, 0.1) is 6.54 Å². The molecule has 0 fully saturated rings. The number of benzene rings is 1. The van der Waals surface area contributed by atoms with E-state index < -0.39 is 5.56 Å². The second-order valence-corrected chi connectivity index (χ2v) is 4.36. The zero-order valence-corrected chi connectivity index (χ0v) is 10.3. The van der Waals surface area contributed by atoms with Crippen LogP contribution in [0.25, 0.3) is 11.2 Å². The Morgan fingerprint density at radius 3 is 2.74 bits per heavy atom. The van der Waals surface area contributed by atoms with Gasteiger partial charge in [-0.3, -0.25) is 9.36 Å². The molecular weight excluding hydrogens is 270 g/mol. The first-order chi connectivity index (χ1) is 9.15. The number of aromatic nitrogens is 4. The van der Waals surface area contributed by atoms with Crippen molar-refractivity contribution in [3.05, 3.63) is 45.2 Å². The van der Waals surface area contributed by atoms with Crippen LogP contribution in [-0.2, 0) is 6.54 Å². The number of fused-ring (bicyclic) bond motifs is 1. The molecule has 2 aromatic heterocycles. The lowest BCUT2D eigenvalue weighted by Crippen LogP contribution is -2.25. The van der Waals surface area contributed by atoms with E-state index in [2.05, 4.69) is 19.9 Å². The van der Waals surface area contributed by atoms with Crippen LogP contribution in [0.1, 0.15) is 5.56 Å². The van der Waals surface area contributed by atoms with Crippen molar-refractivity contribution in [3.63, 3.8) is 0 Å². The van der Waals surface area contributed by atoms with E-state index in [0.29, 0.717) is 5.02 Å². The summed E-state index contributed by atoms with van der Waals surface area (Å²) >= 11 is 5.80. The van der Waals surface area contributed by atoms with Crippen LogP contribution in [0.5, 0.6) is 0 Å². The third-order valence-corrected chi connectivity index (χ3v) is 2.92. The number of nitrogens with zero attached hydrogens (tertiary/aromatic N) is 4. The smallest absolute Gasteiger partial charge is 0.287 e. The highest BCUT2D eigenvalue weighted by atomic mass is 35.5. The predicted molar refractivity (Wildman–Crippen MR) is 68.8 cm³/mol. The number of anilines is 1. The number of hydrogen-bond acceptors (Lipinski definition) is 6. The average Bonchev–Trinajstić information content (AvgIpc) is 2.85. The van der Waals surface area contributed by atoms with Crippen LogP contribution >= 0.6 is 11.6 Å². The molecule has 3 rings (SSSR count). The Morgan fingerprint density at radius 1 is 1.26 bits per heavy atom. The maximum absolute atomic E-state index is 12.1. The Labute approximate surface area is 111 Å². The molecule has 2 N–H and O–H groups in total. The molecule has 19 heavy (non-hydrogen) atoms. The van der Waals surface area contributed by atoms with Gasteiger partial charge in [-0.25, -0.2) is 4.63 Å². The summed E-state index contributed by atoms with van der Waals surface area (Å²) in [6.07, 6.45) is 0. The van der Waals surface area contributed by atoms with Gasteiger partial charge in [0.25, 0.3) is 5.56 Å². The van der Waals surface area contributed by atoms with Crippen LogP contribution in [0, 0.1) is 0 Å². The lowest BCUT2D eigenvalue weighted by Gasteiger charge is -2.07. The Kier molecular flexibility index (Phi) is 2.68. The molecule has 0 aliphatic carbocycles. The van der Waals surface area contributed by atoms with Gasteiger partial charge in [-0.15, -0.1) is 0 Å². The highest BCUT2D eigenvalue weighted by molar-refractivity contribution is 6.30. The topological polar surface area (TPSA) is 99.8 Å². The maximum Gasteiger partial charge on any atom is 0.287 e. The molecule has 8 heteroatoms. The summed E-state index contributed by atoms with van der Waals surface area (Å²) < 4.78 is 5.77. The second-order valence-electron chi connectivity index (χ2n) is 3.92. The maximum atomic E-state index is 12.1. The molecule has 3 aromatic rings. The van der Waals surface area contributed by atoms with Crippen LogP contribution in [0.4, 0.5) is 5.95 Å². The van der Waals surface area contributed by atoms with Gasteiger partial charge in [0, 0.05) is 5.02 Å². The molecular formula is C11H8ClN5O2. The molecule has 0 bridgehead atoms. The van der Waals surface area contributed by atoms with Crippen LogP contribution in [0.15, 0.2) is 33.7 Å². The first-order valence-corrected chi connectivity index (χ1v) is 5.76. The minimum atomic E-state index is -0.390. The Hall–Kier alpha value is -2.41. The molecule has 7 nitrogen and oxygen atoms in total. The summed E-state index contributed by atoms with van der Waals surface area (Å²) in [4.78, 5) is 16.1. The molecule has 0 radical (unpaired) electrons. The summed E-state index contributed by atoms with van der Waals surface area (Å²) in [5.74, 6) is 0.0585. The third-order valence-electron chi connectivity index (χ3n) is 2.67. The van der Waals surface area contributed by atoms with Crippen molar-refractivity contribution in [2.24, 2.45) is 0 Å². The SMILES string of the molecule is Nc1nc2nonc2c(=O)n1Cc1ccc(Cl)cc1. The molecule has 0 saturated heterocycles. The van der Waals surface area contributed by atoms with E-state index >= 15 is 0 Å². The van der Waals surface area contributed by atoms with Crippen molar-refractivity contribution in [2.75, 3.05) is 5.73 Å². The van der Waals surface area contributed by atoms with Crippen LogP contribution in [0.3, 0.4) is 0 Å². The summed E-state index contributed by atoms with van der Waals surface area (Å²) in [7, 11) is 0. The number of hydrogen-bond donors (Lipinski definition) is 1. The first-order valence-electron chi connectivity index (χ1n) is 5.38. The molecule has 2 heterocycles. The van der Waals surface area contributed by atoms with Crippen LogP contribution in [0.2, 0.25) is 5.02 Å². The number of nitrogen functional groups attached to an aromatic ring is 1. The van der Waals surface area contributed by atoms with Gasteiger partial charge in [0.1, 0.15) is 0 Å². The number of nitrogens with two attached hydrogens (primary N) is 1. The molecule has 0 spiro atoms. The van der Waals surface area contributed by atoms with Gasteiger partial charge in [-0.1, -0.05) is 23.7 Å². The fraction of sp³-hybridized carbons (Fsp3) is 0.0909. The molecule has 0 amide bonds. The molecule has 0 aliphatic heterocycles.